The number of amides is 2. The van der Waals surface area contributed by atoms with Gasteiger partial charge in [0.05, 0.1) is 4.75 Å². The maximum Gasteiger partial charge on any atom is 0.236 e. The van der Waals surface area contributed by atoms with E-state index >= 15 is 0 Å². The summed E-state index contributed by atoms with van der Waals surface area (Å²) in [5.41, 5.74) is 1.07. The van der Waals surface area contributed by atoms with E-state index in [2.05, 4.69) is 22.8 Å². The fourth-order valence-corrected chi connectivity index (χ4v) is 4.77. The molecule has 2 amide bonds. The zero-order valence-corrected chi connectivity index (χ0v) is 16.3. The van der Waals surface area contributed by atoms with Gasteiger partial charge in [-0.2, -0.15) is 0 Å². The Labute approximate surface area is 165 Å². The van der Waals surface area contributed by atoms with Crippen LogP contribution in [-0.4, -0.2) is 23.1 Å². The van der Waals surface area contributed by atoms with E-state index in [-0.39, 0.29) is 11.8 Å². The second kappa shape index (κ2) is 9.60. The van der Waals surface area contributed by atoms with Gasteiger partial charge in [0.15, 0.2) is 0 Å². The van der Waals surface area contributed by atoms with Gasteiger partial charge in [0, 0.05) is 24.4 Å². The smallest absolute Gasteiger partial charge is 0.236 e. The number of carbonyl (C=O) groups is 2. The summed E-state index contributed by atoms with van der Waals surface area (Å²) in [5, 5.41) is 5.89. The van der Waals surface area contributed by atoms with Crippen LogP contribution in [0.25, 0.3) is 0 Å². The molecule has 1 aliphatic rings. The summed E-state index contributed by atoms with van der Waals surface area (Å²) < 4.78 is -0.401. The molecule has 1 aliphatic carbocycles. The van der Waals surface area contributed by atoms with Crippen molar-refractivity contribution in [3.63, 3.8) is 0 Å². The van der Waals surface area contributed by atoms with Crippen LogP contribution in [-0.2, 0) is 16.1 Å². The van der Waals surface area contributed by atoms with Crippen molar-refractivity contribution in [2.45, 2.75) is 48.3 Å². The van der Waals surface area contributed by atoms with Crippen molar-refractivity contribution in [2.24, 2.45) is 0 Å². The molecule has 142 valence electrons. The van der Waals surface area contributed by atoms with E-state index < -0.39 is 4.75 Å². The molecule has 0 unspecified atom stereocenters. The molecule has 0 saturated heterocycles. The van der Waals surface area contributed by atoms with Crippen molar-refractivity contribution < 1.29 is 9.59 Å². The summed E-state index contributed by atoms with van der Waals surface area (Å²) in [4.78, 5) is 26.0. The van der Waals surface area contributed by atoms with E-state index in [1.165, 1.54) is 0 Å². The van der Waals surface area contributed by atoms with Crippen LogP contribution in [0.2, 0.25) is 0 Å². The molecule has 0 aromatic heterocycles. The normalized spacial score (nSPS) is 15.3. The van der Waals surface area contributed by atoms with Crippen LogP contribution in [0.5, 0.6) is 0 Å². The van der Waals surface area contributed by atoms with Crippen LogP contribution in [0.1, 0.15) is 37.7 Å². The molecule has 0 aliphatic heterocycles. The molecule has 1 fully saturated rings. The van der Waals surface area contributed by atoms with Crippen molar-refractivity contribution in [2.75, 3.05) is 6.54 Å². The quantitative estimate of drug-likeness (QED) is 0.728. The third kappa shape index (κ3) is 5.60. The second-order valence-corrected chi connectivity index (χ2v) is 8.34. The van der Waals surface area contributed by atoms with Gasteiger partial charge in [-0.25, -0.2) is 0 Å². The first-order valence-electron chi connectivity index (χ1n) is 9.51. The molecule has 0 spiro atoms. The zero-order valence-electron chi connectivity index (χ0n) is 15.4. The monoisotopic (exact) mass is 382 g/mol. The molecule has 0 atom stereocenters. The summed E-state index contributed by atoms with van der Waals surface area (Å²) >= 11 is 1.66. The van der Waals surface area contributed by atoms with Gasteiger partial charge in [0.2, 0.25) is 11.8 Å². The first-order valence-corrected chi connectivity index (χ1v) is 10.3. The lowest BCUT2D eigenvalue weighted by molar-refractivity contribution is -0.124. The van der Waals surface area contributed by atoms with Gasteiger partial charge in [0.1, 0.15) is 0 Å². The van der Waals surface area contributed by atoms with E-state index in [0.717, 1.165) is 36.1 Å². The number of rotatable bonds is 8. The molecule has 1 saturated carbocycles. The topological polar surface area (TPSA) is 58.2 Å². The van der Waals surface area contributed by atoms with Gasteiger partial charge in [-0.1, -0.05) is 61.4 Å². The third-order valence-corrected chi connectivity index (χ3v) is 6.34. The molecular weight excluding hydrogens is 356 g/mol. The fraction of sp³-hybridized carbons (Fsp3) is 0.364. The summed E-state index contributed by atoms with van der Waals surface area (Å²) in [5.74, 6) is 0.0139. The highest BCUT2D eigenvalue weighted by atomic mass is 32.2. The van der Waals surface area contributed by atoms with E-state index in [1.807, 2.05) is 48.5 Å². The minimum Gasteiger partial charge on any atom is -0.354 e. The molecule has 0 heterocycles. The SMILES string of the molecule is O=C(CCNC(=O)C1(Sc2ccccc2)CCCC1)NCc1ccccc1. The standard InChI is InChI=1S/C22H26N2O2S/c25-20(24-17-18-9-3-1-4-10-18)13-16-23-21(26)22(14-7-8-15-22)27-19-11-5-2-6-12-19/h1-6,9-12H,7-8,13-17H2,(H,23,26)(H,24,25). The predicted molar refractivity (Wildman–Crippen MR) is 109 cm³/mol. The Morgan fingerprint density at radius 1 is 0.889 bits per heavy atom. The Bertz CT molecular complexity index is 743. The van der Waals surface area contributed by atoms with Crippen LogP contribution >= 0.6 is 11.8 Å². The Morgan fingerprint density at radius 2 is 1.52 bits per heavy atom. The molecular formula is C22H26N2O2S. The van der Waals surface area contributed by atoms with Crippen molar-refractivity contribution in [1.82, 2.24) is 10.6 Å². The largest absolute Gasteiger partial charge is 0.354 e. The van der Waals surface area contributed by atoms with Crippen molar-refractivity contribution in [3.8, 4) is 0 Å². The lowest BCUT2D eigenvalue weighted by Gasteiger charge is -2.27. The van der Waals surface area contributed by atoms with Gasteiger partial charge in [-0.15, -0.1) is 11.8 Å². The van der Waals surface area contributed by atoms with Crippen molar-refractivity contribution >= 4 is 23.6 Å². The molecule has 0 radical (unpaired) electrons. The summed E-state index contributed by atoms with van der Waals surface area (Å²) in [6.07, 6.45) is 4.22. The van der Waals surface area contributed by atoms with Crippen LogP contribution in [0.3, 0.4) is 0 Å². The highest BCUT2D eigenvalue weighted by molar-refractivity contribution is 8.01. The molecule has 4 nitrogen and oxygen atoms in total. The highest BCUT2D eigenvalue weighted by Gasteiger charge is 2.41. The maximum atomic E-state index is 12.9. The van der Waals surface area contributed by atoms with E-state index in [4.69, 9.17) is 0 Å². The zero-order chi connectivity index (χ0) is 19.0. The van der Waals surface area contributed by atoms with Gasteiger partial charge < -0.3 is 10.6 Å². The number of carbonyl (C=O) groups excluding carboxylic acids is 2. The maximum absolute atomic E-state index is 12.9. The fourth-order valence-electron chi connectivity index (χ4n) is 3.37. The third-order valence-electron chi connectivity index (χ3n) is 4.85. The van der Waals surface area contributed by atoms with Gasteiger partial charge in [-0.3, -0.25) is 9.59 Å². The van der Waals surface area contributed by atoms with Gasteiger partial charge in [-0.05, 0) is 30.5 Å². The van der Waals surface area contributed by atoms with Gasteiger partial charge >= 0.3 is 0 Å². The predicted octanol–water partition coefficient (Wildman–Crippen LogP) is 3.91. The van der Waals surface area contributed by atoms with Gasteiger partial charge in [0.25, 0.3) is 0 Å². The summed E-state index contributed by atoms with van der Waals surface area (Å²) in [6.45, 7) is 0.887. The lowest BCUT2D eigenvalue weighted by Crippen LogP contribution is -2.43. The molecule has 3 rings (SSSR count). The lowest BCUT2D eigenvalue weighted by atomic mass is 10.1. The van der Waals surface area contributed by atoms with Crippen molar-refractivity contribution in [3.05, 3.63) is 66.2 Å². The Kier molecular flexibility index (Phi) is 6.93. The number of hydrogen-bond acceptors (Lipinski definition) is 3. The number of nitrogens with one attached hydrogen (secondary N) is 2. The van der Waals surface area contributed by atoms with E-state index in [1.54, 1.807) is 11.8 Å². The van der Waals surface area contributed by atoms with Crippen LogP contribution in [0.15, 0.2) is 65.6 Å². The highest BCUT2D eigenvalue weighted by Crippen LogP contribution is 2.45. The van der Waals surface area contributed by atoms with Crippen LogP contribution in [0, 0.1) is 0 Å². The number of benzene rings is 2. The van der Waals surface area contributed by atoms with E-state index in [0.29, 0.717) is 19.5 Å². The average Bonchev–Trinajstić information content (AvgIpc) is 3.17. The first-order chi connectivity index (χ1) is 13.2. The van der Waals surface area contributed by atoms with Crippen LogP contribution < -0.4 is 10.6 Å². The molecule has 2 N–H and O–H groups in total. The Morgan fingerprint density at radius 3 is 2.19 bits per heavy atom. The van der Waals surface area contributed by atoms with E-state index in [9.17, 15) is 9.59 Å². The Hall–Kier alpha value is -2.27. The minimum atomic E-state index is -0.401. The first kappa shape index (κ1) is 19.5. The molecule has 5 heteroatoms. The second-order valence-electron chi connectivity index (χ2n) is 6.88. The minimum absolute atomic E-state index is 0.0460. The molecule has 2 aromatic rings. The van der Waals surface area contributed by atoms with Crippen molar-refractivity contribution in [1.29, 1.82) is 0 Å². The Balaban J connectivity index is 1.46. The average molecular weight is 383 g/mol. The summed E-state index contributed by atoms with van der Waals surface area (Å²) in [6, 6.07) is 19.9. The van der Waals surface area contributed by atoms with Crippen LogP contribution in [0.4, 0.5) is 0 Å². The molecule has 27 heavy (non-hydrogen) atoms. The summed E-state index contributed by atoms with van der Waals surface area (Å²) in [7, 11) is 0. The number of thioether (sulfide) groups is 1. The molecule has 2 aromatic carbocycles. The molecule has 0 bridgehead atoms. The number of hydrogen-bond donors (Lipinski definition) is 2.